The molecule has 3 N–H and O–H groups in total. The van der Waals surface area contributed by atoms with E-state index in [0.29, 0.717) is 12.2 Å². The molecule has 7 nitrogen and oxygen atoms in total. The highest BCUT2D eigenvalue weighted by atomic mass is 16.5. The third-order valence-corrected chi connectivity index (χ3v) is 3.57. The number of aromatic amines is 1. The normalized spacial score (nSPS) is 21.9. The second kappa shape index (κ2) is 6.04. The molecule has 2 rings (SSSR count). The number of aliphatic hydroxyl groups excluding tert-OH is 1. The van der Waals surface area contributed by atoms with E-state index in [0.717, 1.165) is 12.8 Å². The zero-order valence-corrected chi connectivity index (χ0v) is 11.3. The Morgan fingerprint density at radius 3 is 2.85 bits per heavy atom. The van der Waals surface area contributed by atoms with Gasteiger partial charge in [0.2, 0.25) is 5.75 Å². The number of aliphatic hydroxyl groups is 1. The van der Waals surface area contributed by atoms with E-state index in [1.54, 1.807) is 6.92 Å². The zero-order valence-electron chi connectivity index (χ0n) is 11.3. The Morgan fingerprint density at radius 1 is 1.50 bits per heavy atom. The second-order valence-electron chi connectivity index (χ2n) is 4.93. The molecule has 1 aromatic heterocycles. The highest BCUT2D eigenvalue weighted by Gasteiger charge is 2.29. The van der Waals surface area contributed by atoms with Crippen molar-refractivity contribution in [3.63, 3.8) is 0 Å². The molecule has 1 unspecified atom stereocenters. The number of hydrogen-bond donors (Lipinski definition) is 3. The summed E-state index contributed by atoms with van der Waals surface area (Å²) >= 11 is 0. The van der Waals surface area contributed by atoms with E-state index in [2.05, 4.69) is 9.97 Å². The van der Waals surface area contributed by atoms with Crippen molar-refractivity contribution >= 4 is 5.97 Å². The summed E-state index contributed by atoms with van der Waals surface area (Å²) in [5.74, 6) is -0.997. The van der Waals surface area contributed by atoms with Gasteiger partial charge >= 0.3 is 5.97 Å². The standard InChI is InChI=1S/C13H18N2O5/c1-2-20-13(19)9-10(17)12(18)15-11(14-9)8-4-3-7(5-8)6-16/h7-8,16-17H,2-6H2,1H3,(H,14,15,18)/t7-,8?/m0/s1. The molecule has 2 atom stereocenters. The number of aromatic nitrogens is 2. The number of aromatic hydroxyl groups is 1. The van der Waals surface area contributed by atoms with Gasteiger partial charge in [-0.3, -0.25) is 4.79 Å². The number of nitrogens with one attached hydrogen (secondary N) is 1. The van der Waals surface area contributed by atoms with Crippen molar-refractivity contribution < 1.29 is 19.7 Å². The summed E-state index contributed by atoms with van der Waals surface area (Å²) in [4.78, 5) is 29.9. The minimum absolute atomic E-state index is 0.0198. The Labute approximate surface area is 115 Å². The molecule has 0 bridgehead atoms. The van der Waals surface area contributed by atoms with Gasteiger partial charge in [0, 0.05) is 12.5 Å². The Morgan fingerprint density at radius 2 is 2.25 bits per heavy atom. The van der Waals surface area contributed by atoms with Crippen LogP contribution in [0.4, 0.5) is 0 Å². The monoisotopic (exact) mass is 282 g/mol. The van der Waals surface area contributed by atoms with Gasteiger partial charge in [-0.25, -0.2) is 9.78 Å². The molecular weight excluding hydrogens is 264 g/mol. The number of nitrogens with zero attached hydrogens (tertiary/aromatic N) is 1. The lowest BCUT2D eigenvalue weighted by atomic mass is 10.0. The van der Waals surface area contributed by atoms with Gasteiger partial charge in [-0.15, -0.1) is 0 Å². The molecule has 0 radical (unpaired) electrons. The minimum Gasteiger partial charge on any atom is -0.501 e. The maximum absolute atomic E-state index is 11.7. The lowest BCUT2D eigenvalue weighted by Crippen LogP contribution is -2.20. The van der Waals surface area contributed by atoms with Gasteiger partial charge in [0.1, 0.15) is 5.82 Å². The van der Waals surface area contributed by atoms with Gasteiger partial charge in [-0.2, -0.15) is 0 Å². The lowest BCUT2D eigenvalue weighted by Gasteiger charge is -2.11. The molecular formula is C13H18N2O5. The smallest absolute Gasteiger partial charge is 0.361 e. The fourth-order valence-electron chi connectivity index (χ4n) is 2.51. The van der Waals surface area contributed by atoms with Crippen LogP contribution in [0.15, 0.2) is 4.79 Å². The first kappa shape index (κ1) is 14.5. The number of rotatable bonds is 4. The molecule has 110 valence electrons. The van der Waals surface area contributed by atoms with Gasteiger partial charge in [0.05, 0.1) is 6.61 Å². The summed E-state index contributed by atoms with van der Waals surface area (Å²) in [5.41, 5.74) is -1.09. The van der Waals surface area contributed by atoms with Crippen LogP contribution in [0.25, 0.3) is 0 Å². The number of carbonyl (C=O) groups is 1. The van der Waals surface area contributed by atoms with Crippen molar-refractivity contribution in [2.75, 3.05) is 13.2 Å². The molecule has 1 fully saturated rings. The quantitative estimate of drug-likeness (QED) is 0.694. The van der Waals surface area contributed by atoms with E-state index in [9.17, 15) is 14.7 Å². The van der Waals surface area contributed by atoms with Gasteiger partial charge in [-0.1, -0.05) is 0 Å². The summed E-state index contributed by atoms with van der Waals surface area (Å²) in [6, 6.07) is 0. The molecule has 0 spiro atoms. The van der Waals surface area contributed by atoms with Gasteiger partial charge in [-0.05, 0) is 32.1 Å². The van der Waals surface area contributed by atoms with Crippen LogP contribution in [0.5, 0.6) is 5.75 Å². The van der Waals surface area contributed by atoms with Crippen LogP contribution in [0.2, 0.25) is 0 Å². The van der Waals surface area contributed by atoms with E-state index < -0.39 is 17.3 Å². The third kappa shape index (κ3) is 2.82. The van der Waals surface area contributed by atoms with E-state index in [4.69, 9.17) is 9.84 Å². The van der Waals surface area contributed by atoms with E-state index in [1.807, 2.05) is 0 Å². The molecule has 20 heavy (non-hydrogen) atoms. The zero-order chi connectivity index (χ0) is 14.7. The molecule has 1 heterocycles. The number of esters is 1. The molecule has 1 aliphatic rings. The topological polar surface area (TPSA) is 113 Å². The largest absolute Gasteiger partial charge is 0.501 e. The molecule has 1 saturated carbocycles. The van der Waals surface area contributed by atoms with Crippen molar-refractivity contribution in [1.29, 1.82) is 0 Å². The molecule has 0 aromatic carbocycles. The maximum atomic E-state index is 11.7. The average molecular weight is 282 g/mol. The first-order valence-electron chi connectivity index (χ1n) is 6.68. The van der Waals surface area contributed by atoms with Crippen LogP contribution in [-0.4, -0.2) is 39.4 Å². The summed E-state index contributed by atoms with van der Waals surface area (Å²) < 4.78 is 4.77. The van der Waals surface area contributed by atoms with Crippen LogP contribution < -0.4 is 5.56 Å². The van der Waals surface area contributed by atoms with Crippen molar-refractivity contribution in [3.8, 4) is 5.75 Å². The van der Waals surface area contributed by atoms with E-state index in [1.165, 1.54) is 0 Å². The Kier molecular flexibility index (Phi) is 4.39. The summed E-state index contributed by atoms with van der Waals surface area (Å²) in [6.07, 6.45) is 2.33. The van der Waals surface area contributed by atoms with Crippen LogP contribution >= 0.6 is 0 Å². The SMILES string of the molecule is CCOC(=O)c1nc(C2CC[C@H](CO)C2)[nH]c(=O)c1O. The predicted octanol–water partition coefficient (Wildman–Crippen LogP) is 0.528. The van der Waals surface area contributed by atoms with Crippen LogP contribution in [0.1, 0.15) is 48.4 Å². The first-order valence-corrected chi connectivity index (χ1v) is 6.68. The molecule has 0 amide bonds. The molecule has 0 saturated heterocycles. The number of ether oxygens (including phenoxy) is 1. The van der Waals surface area contributed by atoms with Crippen LogP contribution in [0.3, 0.4) is 0 Å². The van der Waals surface area contributed by atoms with Gasteiger partial charge < -0.3 is 19.9 Å². The van der Waals surface area contributed by atoms with Crippen molar-refractivity contribution in [2.24, 2.45) is 5.92 Å². The fraction of sp³-hybridized carbons (Fsp3) is 0.615. The van der Waals surface area contributed by atoms with Crippen LogP contribution in [0, 0.1) is 5.92 Å². The van der Waals surface area contributed by atoms with Crippen molar-refractivity contribution in [1.82, 2.24) is 9.97 Å². The molecule has 1 aromatic rings. The summed E-state index contributed by atoms with van der Waals surface area (Å²) in [6.45, 7) is 1.87. The predicted molar refractivity (Wildman–Crippen MR) is 69.6 cm³/mol. The second-order valence-corrected chi connectivity index (χ2v) is 4.93. The fourth-order valence-corrected chi connectivity index (χ4v) is 2.51. The van der Waals surface area contributed by atoms with E-state index >= 15 is 0 Å². The average Bonchev–Trinajstić information content (AvgIpc) is 2.90. The highest BCUT2D eigenvalue weighted by Crippen LogP contribution is 2.36. The molecule has 7 heteroatoms. The summed E-state index contributed by atoms with van der Waals surface area (Å²) in [7, 11) is 0. The summed E-state index contributed by atoms with van der Waals surface area (Å²) in [5, 5.41) is 18.7. The molecule has 1 aliphatic carbocycles. The van der Waals surface area contributed by atoms with Crippen LogP contribution in [-0.2, 0) is 4.74 Å². The maximum Gasteiger partial charge on any atom is 0.361 e. The minimum atomic E-state index is -0.811. The molecule has 0 aliphatic heterocycles. The lowest BCUT2D eigenvalue weighted by molar-refractivity contribution is 0.0514. The Balaban J connectivity index is 2.32. The number of H-pyrrole nitrogens is 1. The van der Waals surface area contributed by atoms with E-state index in [-0.39, 0.29) is 30.7 Å². The highest BCUT2D eigenvalue weighted by molar-refractivity contribution is 5.89. The van der Waals surface area contributed by atoms with Gasteiger partial charge in [0.25, 0.3) is 5.56 Å². The van der Waals surface area contributed by atoms with Crippen molar-refractivity contribution in [2.45, 2.75) is 32.1 Å². The Bertz CT molecular complexity index is 554. The van der Waals surface area contributed by atoms with Crippen molar-refractivity contribution in [3.05, 3.63) is 21.9 Å². The third-order valence-electron chi connectivity index (χ3n) is 3.57. The Hall–Kier alpha value is -1.89. The van der Waals surface area contributed by atoms with Gasteiger partial charge in [0.15, 0.2) is 5.69 Å². The first-order chi connectivity index (χ1) is 9.56. The number of carbonyl (C=O) groups excluding carboxylic acids is 1. The number of hydrogen-bond acceptors (Lipinski definition) is 6.